The Morgan fingerprint density at radius 2 is 2.05 bits per heavy atom. The number of halogens is 1. The zero-order chi connectivity index (χ0) is 14.1. The van der Waals surface area contributed by atoms with Crippen LogP contribution in [0, 0.1) is 6.92 Å². The average Bonchev–Trinajstić information content (AvgIpc) is 2.84. The van der Waals surface area contributed by atoms with Gasteiger partial charge in [0.15, 0.2) is 0 Å². The van der Waals surface area contributed by atoms with Crippen LogP contribution in [-0.2, 0) is 6.42 Å². The number of hydrogen-bond acceptors (Lipinski definition) is 3. The van der Waals surface area contributed by atoms with Gasteiger partial charge in [0.25, 0.3) is 0 Å². The number of benzene rings is 1. The first-order valence-corrected chi connectivity index (χ1v) is 7.61. The lowest BCUT2D eigenvalue weighted by Gasteiger charge is -2.11. The van der Waals surface area contributed by atoms with Crippen LogP contribution in [0.3, 0.4) is 0 Å². The highest BCUT2D eigenvalue weighted by Gasteiger charge is 2.13. The monoisotopic (exact) mass is 303 g/mol. The summed E-state index contributed by atoms with van der Waals surface area (Å²) in [4.78, 5) is 5.63. The number of aliphatic hydroxyl groups excluding tert-OH is 1. The number of hydrogen-bond donors (Lipinski definition) is 1. The van der Waals surface area contributed by atoms with E-state index in [1.165, 1.54) is 11.3 Å². The molecule has 2 nitrogen and oxygen atoms in total. The van der Waals surface area contributed by atoms with Gasteiger partial charge in [0.1, 0.15) is 6.10 Å². The molecule has 1 aromatic carbocycles. The van der Waals surface area contributed by atoms with Gasteiger partial charge in [-0.1, -0.05) is 29.8 Å². The fourth-order valence-corrected chi connectivity index (χ4v) is 3.43. The van der Waals surface area contributed by atoms with E-state index in [0.717, 1.165) is 25.7 Å². The van der Waals surface area contributed by atoms with Crippen LogP contribution in [0.1, 0.15) is 22.2 Å². The molecule has 0 bridgehead atoms. The second kappa shape index (κ2) is 5.52. The van der Waals surface area contributed by atoms with Crippen molar-refractivity contribution in [2.24, 2.45) is 0 Å². The summed E-state index contributed by atoms with van der Waals surface area (Å²) in [6.45, 7) is 2.04. The van der Waals surface area contributed by atoms with E-state index in [2.05, 4.69) is 4.98 Å². The van der Waals surface area contributed by atoms with Crippen LogP contribution < -0.4 is 0 Å². The lowest BCUT2D eigenvalue weighted by Crippen LogP contribution is -2.04. The minimum Gasteiger partial charge on any atom is -0.386 e. The van der Waals surface area contributed by atoms with Gasteiger partial charge in [-0.2, -0.15) is 0 Å². The summed E-state index contributed by atoms with van der Waals surface area (Å²) in [5, 5.41) is 11.5. The topological polar surface area (TPSA) is 33.1 Å². The molecule has 3 rings (SSSR count). The quantitative estimate of drug-likeness (QED) is 0.771. The standard InChI is InChI=1S/C16H14ClNOS/c1-10-8-14(18-13-5-3-2-4-12(10)13)15(19)9-11-6-7-16(17)20-11/h2-8,15,19H,9H2,1H3. The van der Waals surface area contributed by atoms with Gasteiger partial charge in [0.2, 0.25) is 0 Å². The van der Waals surface area contributed by atoms with Crippen LogP contribution in [0.4, 0.5) is 0 Å². The van der Waals surface area contributed by atoms with Gasteiger partial charge >= 0.3 is 0 Å². The molecule has 3 aromatic rings. The fourth-order valence-electron chi connectivity index (χ4n) is 2.30. The van der Waals surface area contributed by atoms with E-state index in [1.807, 2.05) is 49.4 Å². The normalized spacial score (nSPS) is 12.8. The molecule has 1 unspecified atom stereocenters. The summed E-state index contributed by atoms with van der Waals surface area (Å²) < 4.78 is 0.745. The molecule has 0 fully saturated rings. The Bertz CT molecular complexity index is 753. The molecular formula is C16H14ClNOS. The van der Waals surface area contributed by atoms with E-state index in [0.29, 0.717) is 12.1 Å². The molecule has 4 heteroatoms. The van der Waals surface area contributed by atoms with Crippen LogP contribution >= 0.6 is 22.9 Å². The molecule has 0 amide bonds. The highest BCUT2D eigenvalue weighted by molar-refractivity contribution is 7.16. The Labute approximate surface area is 126 Å². The molecule has 0 radical (unpaired) electrons. The largest absolute Gasteiger partial charge is 0.386 e. The number of thiophene rings is 1. The van der Waals surface area contributed by atoms with Crippen LogP contribution in [0.25, 0.3) is 10.9 Å². The van der Waals surface area contributed by atoms with Gasteiger partial charge in [-0.25, -0.2) is 0 Å². The maximum Gasteiger partial charge on any atom is 0.101 e. The SMILES string of the molecule is Cc1cc(C(O)Cc2ccc(Cl)s2)nc2ccccc12. The Hall–Kier alpha value is -1.42. The summed E-state index contributed by atoms with van der Waals surface area (Å²) in [6, 6.07) is 13.7. The third-order valence-corrected chi connectivity index (χ3v) is 4.56. The van der Waals surface area contributed by atoms with Crippen molar-refractivity contribution < 1.29 is 5.11 Å². The molecule has 2 heterocycles. The zero-order valence-corrected chi connectivity index (χ0v) is 12.6. The molecule has 1 atom stereocenters. The highest BCUT2D eigenvalue weighted by Crippen LogP contribution is 2.27. The number of rotatable bonds is 3. The third-order valence-electron chi connectivity index (χ3n) is 3.31. The van der Waals surface area contributed by atoms with Crippen LogP contribution in [0.2, 0.25) is 4.34 Å². The molecule has 0 spiro atoms. The summed E-state index contributed by atoms with van der Waals surface area (Å²) in [5.74, 6) is 0. The first-order valence-electron chi connectivity index (χ1n) is 6.42. The Morgan fingerprint density at radius 3 is 2.80 bits per heavy atom. The van der Waals surface area contributed by atoms with Crippen molar-refractivity contribution in [1.82, 2.24) is 4.98 Å². The third kappa shape index (κ3) is 2.70. The molecule has 0 saturated heterocycles. The van der Waals surface area contributed by atoms with Crippen LogP contribution in [-0.4, -0.2) is 10.1 Å². The van der Waals surface area contributed by atoms with E-state index < -0.39 is 6.10 Å². The van der Waals surface area contributed by atoms with Crippen molar-refractivity contribution in [3.8, 4) is 0 Å². The van der Waals surface area contributed by atoms with E-state index >= 15 is 0 Å². The van der Waals surface area contributed by atoms with Crippen LogP contribution in [0.5, 0.6) is 0 Å². The number of aryl methyl sites for hydroxylation is 1. The van der Waals surface area contributed by atoms with Gasteiger partial charge in [-0.3, -0.25) is 4.98 Å². The van der Waals surface area contributed by atoms with E-state index in [1.54, 1.807) is 0 Å². The van der Waals surface area contributed by atoms with Gasteiger partial charge in [-0.05, 0) is 36.8 Å². The lowest BCUT2D eigenvalue weighted by atomic mass is 10.1. The Balaban J connectivity index is 1.93. The summed E-state index contributed by atoms with van der Waals surface area (Å²) in [7, 11) is 0. The van der Waals surface area contributed by atoms with Crippen molar-refractivity contribution in [2.45, 2.75) is 19.4 Å². The molecule has 0 saturated carbocycles. The molecule has 2 aromatic heterocycles. The molecular weight excluding hydrogens is 290 g/mol. The average molecular weight is 304 g/mol. The number of aliphatic hydroxyl groups is 1. The van der Waals surface area contributed by atoms with E-state index in [-0.39, 0.29) is 0 Å². The predicted octanol–water partition coefficient (Wildman–Crippen LogP) is 4.53. The van der Waals surface area contributed by atoms with Crippen molar-refractivity contribution in [2.75, 3.05) is 0 Å². The number of aromatic nitrogens is 1. The molecule has 0 aliphatic heterocycles. The minimum atomic E-state index is -0.604. The minimum absolute atomic E-state index is 0.544. The molecule has 0 aliphatic carbocycles. The lowest BCUT2D eigenvalue weighted by molar-refractivity contribution is 0.175. The molecule has 1 N–H and O–H groups in total. The van der Waals surface area contributed by atoms with E-state index in [4.69, 9.17) is 11.6 Å². The maximum atomic E-state index is 10.4. The predicted molar refractivity (Wildman–Crippen MR) is 84.5 cm³/mol. The molecule has 20 heavy (non-hydrogen) atoms. The zero-order valence-electron chi connectivity index (χ0n) is 11.0. The number of pyridine rings is 1. The second-order valence-electron chi connectivity index (χ2n) is 4.81. The van der Waals surface area contributed by atoms with Crippen LogP contribution in [0.15, 0.2) is 42.5 Å². The van der Waals surface area contributed by atoms with E-state index in [9.17, 15) is 5.11 Å². The van der Waals surface area contributed by atoms with Crippen molar-refractivity contribution in [1.29, 1.82) is 0 Å². The number of fused-ring (bicyclic) bond motifs is 1. The second-order valence-corrected chi connectivity index (χ2v) is 6.61. The first-order chi connectivity index (χ1) is 9.63. The molecule has 102 valence electrons. The Kier molecular flexibility index (Phi) is 3.74. The van der Waals surface area contributed by atoms with Gasteiger partial charge in [0, 0.05) is 16.7 Å². The first kappa shape index (κ1) is 13.6. The van der Waals surface area contributed by atoms with Crippen molar-refractivity contribution in [3.63, 3.8) is 0 Å². The summed E-state index contributed by atoms with van der Waals surface area (Å²) in [6.07, 6.45) is -0.0599. The Morgan fingerprint density at radius 1 is 1.25 bits per heavy atom. The van der Waals surface area contributed by atoms with Crippen molar-refractivity contribution >= 4 is 33.8 Å². The highest BCUT2D eigenvalue weighted by atomic mass is 35.5. The molecule has 0 aliphatic rings. The summed E-state index contributed by atoms with van der Waals surface area (Å²) >= 11 is 7.41. The van der Waals surface area contributed by atoms with Crippen molar-refractivity contribution in [3.05, 3.63) is 62.9 Å². The van der Waals surface area contributed by atoms with Gasteiger partial charge < -0.3 is 5.11 Å². The smallest absolute Gasteiger partial charge is 0.101 e. The number of para-hydroxylation sites is 1. The number of nitrogens with zero attached hydrogens (tertiary/aromatic N) is 1. The maximum absolute atomic E-state index is 10.4. The fraction of sp³-hybridized carbons (Fsp3) is 0.188. The summed E-state index contributed by atoms with van der Waals surface area (Å²) in [5.41, 5.74) is 2.77. The van der Waals surface area contributed by atoms with Gasteiger partial charge in [-0.15, -0.1) is 11.3 Å². The van der Waals surface area contributed by atoms with Gasteiger partial charge in [0.05, 0.1) is 15.5 Å².